The fraction of sp³-hybridized carbons (Fsp3) is 0.588. The third-order valence-corrected chi connectivity index (χ3v) is 4.95. The van der Waals surface area contributed by atoms with E-state index < -0.39 is 0 Å². The first-order valence-electron chi connectivity index (χ1n) is 8.03. The average Bonchev–Trinajstić information content (AvgIpc) is 2.55. The number of benzene rings is 1. The van der Waals surface area contributed by atoms with Crippen molar-refractivity contribution < 1.29 is 4.79 Å². The van der Waals surface area contributed by atoms with Gasteiger partial charge in [0.25, 0.3) is 0 Å². The van der Waals surface area contributed by atoms with Crippen LogP contribution in [-0.2, 0) is 11.3 Å². The predicted octanol–water partition coefficient (Wildman–Crippen LogP) is 2.36. The van der Waals surface area contributed by atoms with Gasteiger partial charge in [-0.25, -0.2) is 0 Å². The van der Waals surface area contributed by atoms with Crippen LogP contribution in [0, 0.1) is 5.92 Å². The standard InChI is InChI=1S/C17H26ClN3O/c1-3-13(2)16(19)17(22)21-10-8-20(9-11-21)12-14-6-4-5-7-15(14)18/h4-7,13,16H,3,8-12,19H2,1-2H3. The fourth-order valence-corrected chi connectivity index (χ4v) is 2.90. The van der Waals surface area contributed by atoms with Gasteiger partial charge in [0, 0.05) is 37.7 Å². The maximum atomic E-state index is 12.4. The number of hydrogen-bond acceptors (Lipinski definition) is 3. The molecule has 1 heterocycles. The minimum Gasteiger partial charge on any atom is -0.339 e. The quantitative estimate of drug-likeness (QED) is 0.905. The number of rotatable bonds is 5. The lowest BCUT2D eigenvalue weighted by molar-refractivity contribution is -0.135. The van der Waals surface area contributed by atoms with Gasteiger partial charge in [0.2, 0.25) is 5.91 Å². The summed E-state index contributed by atoms with van der Waals surface area (Å²) in [6.07, 6.45) is 0.930. The van der Waals surface area contributed by atoms with Crippen molar-refractivity contribution in [2.75, 3.05) is 26.2 Å². The van der Waals surface area contributed by atoms with Crippen LogP contribution in [0.3, 0.4) is 0 Å². The van der Waals surface area contributed by atoms with Crippen molar-refractivity contribution in [2.24, 2.45) is 11.7 Å². The van der Waals surface area contributed by atoms with Gasteiger partial charge in [-0.2, -0.15) is 0 Å². The number of nitrogens with zero attached hydrogens (tertiary/aromatic N) is 2. The highest BCUT2D eigenvalue weighted by atomic mass is 35.5. The van der Waals surface area contributed by atoms with E-state index in [0.29, 0.717) is 0 Å². The molecule has 2 rings (SSSR count). The zero-order valence-corrected chi connectivity index (χ0v) is 14.2. The van der Waals surface area contributed by atoms with E-state index in [1.807, 2.05) is 30.0 Å². The molecule has 2 N–H and O–H groups in total. The van der Waals surface area contributed by atoms with Crippen molar-refractivity contribution in [3.63, 3.8) is 0 Å². The number of carbonyl (C=O) groups is 1. The second kappa shape index (κ2) is 7.95. The van der Waals surface area contributed by atoms with E-state index >= 15 is 0 Å². The molecular weight excluding hydrogens is 298 g/mol. The van der Waals surface area contributed by atoms with Crippen molar-refractivity contribution in [1.82, 2.24) is 9.80 Å². The van der Waals surface area contributed by atoms with E-state index in [0.717, 1.165) is 49.7 Å². The lowest BCUT2D eigenvalue weighted by Crippen LogP contribution is -2.54. The first-order chi connectivity index (χ1) is 10.5. The molecule has 1 saturated heterocycles. The number of piperazine rings is 1. The smallest absolute Gasteiger partial charge is 0.239 e. The summed E-state index contributed by atoms with van der Waals surface area (Å²) in [5, 5.41) is 0.805. The van der Waals surface area contributed by atoms with Crippen molar-refractivity contribution in [3.8, 4) is 0 Å². The summed E-state index contributed by atoms with van der Waals surface area (Å²) in [6.45, 7) is 8.16. The lowest BCUT2D eigenvalue weighted by atomic mass is 9.98. The summed E-state index contributed by atoms with van der Waals surface area (Å²) in [4.78, 5) is 16.6. The molecule has 0 saturated carbocycles. The highest BCUT2D eigenvalue weighted by Gasteiger charge is 2.27. The van der Waals surface area contributed by atoms with Crippen LogP contribution < -0.4 is 5.73 Å². The minimum absolute atomic E-state index is 0.0896. The molecule has 1 aliphatic rings. The fourth-order valence-electron chi connectivity index (χ4n) is 2.70. The summed E-state index contributed by atoms with van der Waals surface area (Å²) in [6, 6.07) is 7.55. The molecule has 22 heavy (non-hydrogen) atoms. The summed E-state index contributed by atoms with van der Waals surface area (Å²) >= 11 is 6.21. The Morgan fingerprint density at radius 3 is 2.50 bits per heavy atom. The van der Waals surface area contributed by atoms with E-state index in [1.165, 1.54) is 0 Å². The van der Waals surface area contributed by atoms with Gasteiger partial charge < -0.3 is 10.6 Å². The van der Waals surface area contributed by atoms with E-state index in [1.54, 1.807) is 0 Å². The molecule has 0 spiro atoms. The highest BCUT2D eigenvalue weighted by Crippen LogP contribution is 2.18. The Hall–Kier alpha value is -1.10. The maximum Gasteiger partial charge on any atom is 0.239 e. The molecule has 5 heteroatoms. The summed E-state index contributed by atoms with van der Waals surface area (Å²) < 4.78 is 0. The van der Waals surface area contributed by atoms with Crippen LogP contribution in [0.4, 0.5) is 0 Å². The minimum atomic E-state index is -0.375. The van der Waals surface area contributed by atoms with Crippen molar-refractivity contribution >= 4 is 17.5 Å². The molecule has 0 aliphatic carbocycles. The SMILES string of the molecule is CCC(C)C(N)C(=O)N1CCN(Cc2ccccc2Cl)CC1. The van der Waals surface area contributed by atoms with E-state index in [2.05, 4.69) is 17.9 Å². The molecule has 1 amide bonds. The second-order valence-corrected chi connectivity index (χ2v) is 6.51. The Morgan fingerprint density at radius 1 is 1.27 bits per heavy atom. The largest absolute Gasteiger partial charge is 0.339 e. The van der Waals surface area contributed by atoms with Crippen LogP contribution in [0.15, 0.2) is 24.3 Å². The highest BCUT2D eigenvalue weighted by molar-refractivity contribution is 6.31. The zero-order valence-electron chi connectivity index (χ0n) is 13.5. The lowest BCUT2D eigenvalue weighted by Gasteiger charge is -2.36. The average molecular weight is 324 g/mol. The van der Waals surface area contributed by atoms with Gasteiger partial charge in [-0.05, 0) is 17.5 Å². The normalized spacial score (nSPS) is 19.0. The number of amides is 1. The Morgan fingerprint density at radius 2 is 1.91 bits per heavy atom. The molecule has 1 fully saturated rings. The molecule has 0 aromatic heterocycles. The number of halogens is 1. The molecule has 2 atom stereocenters. The van der Waals surface area contributed by atoms with Gasteiger partial charge in [0.05, 0.1) is 6.04 Å². The zero-order chi connectivity index (χ0) is 16.1. The van der Waals surface area contributed by atoms with Gasteiger partial charge in [0.15, 0.2) is 0 Å². The third-order valence-electron chi connectivity index (χ3n) is 4.58. The number of carbonyl (C=O) groups excluding carboxylic acids is 1. The molecular formula is C17H26ClN3O. The van der Waals surface area contributed by atoms with E-state index in [-0.39, 0.29) is 17.9 Å². The molecule has 122 valence electrons. The summed E-state index contributed by atoms with van der Waals surface area (Å²) in [5.41, 5.74) is 7.20. The monoisotopic (exact) mass is 323 g/mol. The van der Waals surface area contributed by atoms with E-state index in [4.69, 9.17) is 17.3 Å². The third kappa shape index (κ3) is 4.22. The van der Waals surface area contributed by atoms with Crippen LogP contribution in [0.2, 0.25) is 5.02 Å². The molecule has 0 bridgehead atoms. The summed E-state index contributed by atoms with van der Waals surface area (Å²) in [7, 11) is 0. The molecule has 1 aliphatic heterocycles. The van der Waals surface area contributed by atoms with Crippen LogP contribution in [0.25, 0.3) is 0 Å². The molecule has 0 radical (unpaired) electrons. The Bertz CT molecular complexity index is 500. The predicted molar refractivity (Wildman–Crippen MR) is 90.7 cm³/mol. The van der Waals surface area contributed by atoms with Crippen LogP contribution in [0.5, 0.6) is 0 Å². The first-order valence-corrected chi connectivity index (χ1v) is 8.40. The Labute approximate surface area is 138 Å². The Kier molecular flexibility index (Phi) is 6.24. The van der Waals surface area contributed by atoms with Crippen molar-refractivity contribution in [1.29, 1.82) is 0 Å². The summed E-state index contributed by atoms with van der Waals surface area (Å²) in [5.74, 6) is 0.320. The molecule has 4 nitrogen and oxygen atoms in total. The van der Waals surface area contributed by atoms with Gasteiger partial charge >= 0.3 is 0 Å². The van der Waals surface area contributed by atoms with Crippen LogP contribution >= 0.6 is 11.6 Å². The second-order valence-electron chi connectivity index (χ2n) is 6.10. The Balaban J connectivity index is 1.85. The first kappa shape index (κ1) is 17.3. The van der Waals surface area contributed by atoms with Gasteiger partial charge in [-0.15, -0.1) is 0 Å². The van der Waals surface area contributed by atoms with Gasteiger partial charge in [-0.1, -0.05) is 50.1 Å². The van der Waals surface area contributed by atoms with Gasteiger partial charge in [-0.3, -0.25) is 9.69 Å². The number of hydrogen-bond donors (Lipinski definition) is 1. The van der Waals surface area contributed by atoms with Crippen molar-refractivity contribution in [2.45, 2.75) is 32.9 Å². The van der Waals surface area contributed by atoms with Crippen LogP contribution in [0.1, 0.15) is 25.8 Å². The van der Waals surface area contributed by atoms with E-state index in [9.17, 15) is 4.79 Å². The molecule has 1 aromatic rings. The maximum absolute atomic E-state index is 12.4. The van der Waals surface area contributed by atoms with Gasteiger partial charge in [0.1, 0.15) is 0 Å². The molecule has 1 aromatic carbocycles. The topological polar surface area (TPSA) is 49.6 Å². The molecule has 2 unspecified atom stereocenters. The van der Waals surface area contributed by atoms with Crippen LogP contribution in [-0.4, -0.2) is 47.9 Å². The number of nitrogens with two attached hydrogens (primary N) is 1. The van der Waals surface area contributed by atoms with Crippen molar-refractivity contribution in [3.05, 3.63) is 34.9 Å².